The first-order chi connectivity index (χ1) is 9.92. The number of carbonyl (C=O) groups is 1. The molecule has 1 saturated heterocycles. The third-order valence-electron chi connectivity index (χ3n) is 3.69. The quantitative estimate of drug-likeness (QED) is 0.740. The highest BCUT2D eigenvalue weighted by Gasteiger charge is 2.24. The third-order valence-corrected chi connectivity index (χ3v) is 5.21. The molecule has 1 aromatic carbocycles. The Hall–Kier alpha value is -1.44. The van der Waals surface area contributed by atoms with Crippen LogP contribution in [0.3, 0.4) is 0 Å². The second kappa shape index (κ2) is 6.55. The number of hydrogen-bond acceptors (Lipinski definition) is 4. The molecule has 0 radical (unpaired) electrons. The van der Waals surface area contributed by atoms with E-state index < -0.39 is 10.0 Å². The molecule has 1 aromatic rings. The van der Waals surface area contributed by atoms with Gasteiger partial charge in [0.2, 0.25) is 15.9 Å². The number of piperidine rings is 1. The molecule has 1 heterocycles. The molecule has 1 amide bonds. The van der Waals surface area contributed by atoms with Crippen LogP contribution in [0.25, 0.3) is 0 Å². The van der Waals surface area contributed by atoms with Crippen molar-refractivity contribution >= 4 is 15.9 Å². The molecule has 3 N–H and O–H groups in total. The number of amides is 1. The van der Waals surface area contributed by atoms with E-state index in [1.165, 1.54) is 0 Å². The molecule has 2 atom stereocenters. The fraction of sp³-hybridized carbons (Fsp3) is 0.500. The Morgan fingerprint density at radius 2 is 2.14 bits per heavy atom. The summed E-state index contributed by atoms with van der Waals surface area (Å²) in [7, 11) is -1.74. The zero-order valence-electron chi connectivity index (χ0n) is 12.2. The third kappa shape index (κ3) is 4.03. The predicted octanol–water partition coefficient (Wildman–Crippen LogP) is 0.524. The highest BCUT2D eigenvalue weighted by atomic mass is 32.2. The number of carbonyl (C=O) groups excluding carboxylic acids is 1. The minimum atomic E-state index is -3.57. The molecule has 0 spiro atoms. The van der Waals surface area contributed by atoms with E-state index >= 15 is 0 Å². The fourth-order valence-corrected chi connectivity index (χ4v) is 3.56. The van der Waals surface area contributed by atoms with Crippen LogP contribution >= 0.6 is 0 Å². The van der Waals surface area contributed by atoms with E-state index in [2.05, 4.69) is 15.4 Å². The fourth-order valence-electron chi connectivity index (χ4n) is 2.24. The first-order valence-electron chi connectivity index (χ1n) is 6.98. The van der Waals surface area contributed by atoms with Crippen molar-refractivity contribution in [3.05, 3.63) is 29.8 Å². The van der Waals surface area contributed by atoms with Gasteiger partial charge in [0.05, 0.1) is 4.90 Å². The van der Waals surface area contributed by atoms with Gasteiger partial charge in [0.15, 0.2) is 0 Å². The van der Waals surface area contributed by atoms with Gasteiger partial charge < -0.3 is 10.6 Å². The monoisotopic (exact) mass is 311 g/mol. The number of rotatable bonds is 5. The summed E-state index contributed by atoms with van der Waals surface area (Å²) < 4.78 is 27.5. The Labute approximate surface area is 125 Å². The Kier molecular flexibility index (Phi) is 4.97. The van der Waals surface area contributed by atoms with E-state index in [-0.39, 0.29) is 22.9 Å². The van der Waals surface area contributed by atoms with Gasteiger partial charge in [-0.3, -0.25) is 4.79 Å². The molecule has 7 heteroatoms. The summed E-state index contributed by atoms with van der Waals surface area (Å²) in [5.74, 6) is -0.0321. The molecule has 1 aliphatic heterocycles. The molecule has 2 unspecified atom stereocenters. The highest BCUT2D eigenvalue weighted by molar-refractivity contribution is 7.89. The van der Waals surface area contributed by atoms with E-state index in [1.807, 2.05) is 20.0 Å². The lowest BCUT2D eigenvalue weighted by Crippen LogP contribution is -2.47. The van der Waals surface area contributed by atoms with Crippen molar-refractivity contribution in [1.29, 1.82) is 0 Å². The molecule has 0 aliphatic carbocycles. The number of nitrogens with one attached hydrogen (secondary N) is 3. The van der Waals surface area contributed by atoms with Crippen molar-refractivity contribution in [2.24, 2.45) is 0 Å². The van der Waals surface area contributed by atoms with Gasteiger partial charge in [0.25, 0.3) is 0 Å². The minimum Gasteiger partial charge on any atom is -0.355 e. The number of hydrogen-bond donors (Lipinski definition) is 3. The summed E-state index contributed by atoms with van der Waals surface area (Å²) in [6.07, 6.45) is 0.877. The standard InChI is InChI=1S/C14H21N3O3S/c1-10(15-2)11-4-3-5-13(8-11)21(19,20)17-12-6-7-14(18)16-9-12/h3-5,8,10,12,15,17H,6-7,9H2,1-2H3,(H,16,18). The van der Waals surface area contributed by atoms with Crippen molar-refractivity contribution in [2.75, 3.05) is 13.6 Å². The summed E-state index contributed by atoms with van der Waals surface area (Å²) in [6.45, 7) is 2.31. The molecular weight excluding hydrogens is 290 g/mol. The average molecular weight is 311 g/mol. The lowest BCUT2D eigenvalue weighted by atomic mass is 10.1. The van der Waals surface area contributed by atoms with E-state index in [1.54, 1.807) is 18.2 Å². The Bertz CT molecular complexity index is 606. The second-order valence-electron chi connectivity index (χ2n) is 5.24. The van der Waals surface area contributed by atoms with Crippen molar-refractivity contribution in [2.45, 2.75) is 36.7 Å². The molecular formula is C14H21N3O3S. The molecule has 116 valence electrons. The van der Waals surface area contributed by atoms with Gasteiger partial charge in [-0.25, -0.2) is 13.1 Å². The maximum atomic E-state index is 12.4. The summed E-state index contributed by atoms with van der Waals surface area (Å²) >= 11 is 0. The van der Waals surface area contributed by atoms with Gasteiger partial charge in [-0.05, 0) is 38.1 Å². The first-order valence-corrected chi connectivity index (χ1v) is 8.47. The van der Waals surface area contributed by atoms with Crippen LogP contribution in [0.1, 0.15) is 31.4 Å². The van der Waals surface area contributed by atoms with Crippen LogP contribution in [-0.4, -0.2) is 34.0 Å². The maximum absolute atomic E-state index is 12.4. The van der Waals surface area contributed by atoms with Crippen molar-refractivity contribution < 1.29 is 13.2 Å². The van der Waals surface area contributed by atoms with Gasteiger partial charge in [0, 0.05) is 25.0 Å². The van der Waals surface area contributed by atoms with E-state index in [9.17, 15) is 13.2 Å². The molecule has 21 heavy (non-hydrogen) atoms. The van der Waals surface area contributed by atoms with Crippen LogP contribution in [0.4, 0.5) is 0 Å². The van der Waals surface area contributed by atoms with Gasteiger partial charge in [-0.15, -0.1) is 0 Å². The zero-order chi connectivity index (χ0) is 15.5. The van der Waals surface area contributed by atoms with Gasteiger partial charge >= 0.3 is 0 Å². The second-order valence-corrected chi connectivity index (χ2v) is 6.96. The van der Waals surface area contributed by atoms with Gasteiger partial charge in [-0.2, -0.15) is 0 Å². The Morgan fingerprint density at radius 1 is 1.38 bits per heavy atom. The Balaban J connectivity index is 2.14. The van der Waals surface area contributed by atoms with Crippen LogP contribution < -0.4 is 15.4 Å². The van der Waals surface area contributed by atoms with Crippen molar-refractivity contribution in [3.63, 3.8) is 0 Å². The van der Waals surface area contributed by atoms with Crippen LogP contribution in [0.5, 0.6) is 0 Å². The summed E-state index contributed by atoms with van der Waals surface area (Å²) in [6, 6.07) is 6.70. The first kappa shape index (κ1) is 15.9. The van der Waals surface area contributed by atoms with Gasteiger partial charge in [0.1, 0.15) is 0 Å². The molecule has 6 nitrogen and oxygen atoms in total. The number of benzene rings is 1. The smallest absolute Gasteiger partial charge is 0.240 e. The summed E-state index contributed by atoms with van der Waals surface area (Å²) in [5.41, 5.74) is 0.914. The largest absolute Gasteiger partial charge is 0.355 e. The van der Waals surface area contributed by atoms with Crippen LogP contribution in [0.2, 0.25) is 0 Å². The normalized spacial score (nSPS) is 20.9. The molecule has 2 rings (SSSR count). The van der Waals surface area contributed by atoms with E-state index in [4.69, 9.17) is 0 Å². The molecule has 1 fully saturated rings. The van der Waals surface area contributed by atoms with Crippen molar-refractivity contribution in [1.82, 2.24) is 15.4 Å². The van der Waals surface area contributed by atoms with Crippen LogP contribution in [-0.2, 0) is 14.8 Å². The molecule has 0 saturated carbocycles. The highest BCUT2D eigenvalue weighted by Crippen LogP contribution is 2.18. The lowest BCUT2D eigenvalue weighted by Gasteiger charge is -2.23. The van der Waals surface area contributed by atoms with E-state index in [0.717, 1.165) is 5.56 Å². The van der Waals surface area contributed by atoms with Crippen LogP contribution in [0.15, 0.2) is 29.2 Å². The SMILES string of the molecule is CNC(C)c1cccc(S(=O)(=O)NC2CCC(=O)NC2)c1. The average Bonchev–Trinajstić information content (AvgIpc) is 2.49. The number of sulfonamides is 1. The molecule has 0 aromatic heterocycles. The topological polar surface area (TPSA) is 87.3 Å². The summed E-state index contributed by atoms with van der Waals surface area (Å²) in [4.78, 5) is 11.4. The lowest BCUT2D eigenvalue weighted by molar-refractivity contribution is -0.122. The van der Waals surface area contributed by atoms with E-state index in [0.29, 0.717) is 19.4 Å². The zero-order valence-corrected chi connectivity index (χ0v) is 13.0. The predicted molar refractivity (Wildman–Crippen MR) is 80.3 cm³/mol. The molecule has 0 bridgehead atoms. The van der Waals surface area contributed by atoms with Crippen LogP contribution in [0, 0.1) is 0 Å². The van der Waals surface area contributed by atoms with Crippen molar-refractivity contribution in [3.8, 4) is 0 Å². The summed E-state index contributed by atoms with van der Waals surface area (Å²) in [5, 5.41) is 5.75. The maximum Gasteiger partial charge on any atom is 0.240 e. The van der Waals surface area contributed by atoms with Gasteiger partial charge in [-0.1, -0.05) is 12.1 Å². The minimum absolute atomic E-state index is 0.0321. The Morgan fingerprint density at radius 3 is 2.76 bits per heavy atom. The molecule has 1 aliphatic rings.